The number of carbonyl (C=O) groups excluding carboxylic acids is 2. The van der Waals surface area contributed by atoms with Crippen molar-refractivity contribution >= 4 is 17.7 Å². The van der Waals surface area contributed by atoms with Crippen molar-refractivity contribution in [1.82, 2.24) is 5.32 Å². The van der Waals surface area contributed by atoms with Gasteiger partial charge in [-0.2, -0.15) is 0 Å². The molecule has 1 aromatic rings. The van der Waals surface area contributed by atoms with E-state index in [0.717, 1.165) is 13.2 Å². The minimum Gasteiger partial charge on any atom is -0.465 e. The van der Waals surface area contributed by atoms with Crippen LogP contribution in [0.5, 0.6) is 0 Å². The molecule has 21 heavy (non-hydrogen) atoms. The zero-order valence-corrected chi connectivity index (χ0v) is 11.7. The second kappa shape index (κ2) is 8.15. The Morgan fingerprint density at radius 2 is 1.95 bits per heavy atom. The van der Waals surface area contributed by atoms with E-state index in [9.17, 15) is 18.4 Å². The van der Waals surface area contributed by atoms with Crippen LogP contribution in [0.1, 0.15) is 17.3 Å². The van der Waals surface area contributed by atoms with Crippen molar-refractivity contribution in [1.29, 1.82) is 0 Å². The van der Waals surface area contributed by atoms with Crippen LogP contribution in [0.2, 0.25) is 0 Å². The Morgan fingerprint density at radius 3 is 2.57 bits per heavy atom. The van der Waals surface area contributed by atoms with Crippen LogP contribution in [-0.2, 0) is 9.47 Å². The van der Waals surface area contributed by atoms with Crippen LogP contribution in [0, 0.1) is 11.6 Å². The van der Waals surface area contributed by atoms with E-state index in [4.69, 9.17) is 4.74 Å². The van der Waals surface area contributed by atoms with Crippen molar-refractivity contribution in [2.24, 2.45) is 0 Å². The van der Waals surface area contributed by atoms with E-state index in [1.165, 1.54) is 0 Å². The van der Waals surface area contributed by atoms with Crippen molar-refractivity contribution in [3.63, 3.8) is 0 Å². The van der Waals surface area contributed by atoms with Crippen LogP contribution in [0.15, 0.2) is 12.1 Å². The number of hydrogen-bond acceptors (Lipinski definition) is 4. The largest absolute Gasteiger partial charge is 0.465 e. The number of hydrogen-bond donors (Lipinski definition) is 2. The van der Waals surface area contributed by atoms with Crippen molar-refractivity contribution in [3.05, 3.63) is 29.3 Å². The summed E-state index contributed by atoms with van der Waals surface area (Å²) in [7, 11) is 1.07. The number of nitrogens with one attached hydrogen (secondary N) is 2. The van der Waals surface area contributed by atoms with E-state index < -0.39 is 29.2 Å². The normalized spacial score (nSPS) is 10.1. The first-order chi connectivity index (χ1) is 9.99. The van der Waals surface area contributed by atoms with Gasteiger partial charge in [-0.1, -0.05) is 0 Å². The molecule has 1 aromatic carbocycles. The summed E-state index contributed by atoms with van der Waals surface area (Å²) >= 11 is 0. The third-order valence-corrected chi connectivity index (χ3v) is 2.45. The summed E-state index contributed by atoms with van der Waals surface area (Å²) in [5.74, 6) is -3.03. The fraction of sp³-hybridized carbons (Fsp3) is 0.385. The lowest BCUT2D eigenvalue weighted by Gasteiger charge is -2.10. The third kappa shape index (κ3) is 4.99. The van der Waals surface area contributed by atoms with Crippen molar-refractivity contribution < 1.29 is 27.8 Å². The van der Waals surface area contributed by atoms with Gasteiger partial charge in [-0.3, -0.25) is 0 Å². The standard InChI is InChI=1S/C13H16F2N2O4/c1-3-21-5-4-16-13(19)17-11-6-8(12(18)20-2)9(14)7-10(11)15/h6-7H,3-5H2,1-2H3,(H2,16,17,19). The fourth-order valence-corrected chi connectivity index (χ4v) is 1.46. The van der Waals surface area contributed by atoms with Gasteiger partial charge in [0.2, 0.25) is 0 Å². The summed E-state index contributed by atoms with van der Waals surface area (Å²) in [6.45, 7) is 2.86. The Hall–Kier alpha value is -2.22. The first-order valence-electron chi connectivity index (χ1n) is 6.19. The molecular formula is C13H16F2N2O4. The summed E-state index contributed by atoms with van der Waals surface area (Å²) in [5.41, 5.74) is -0.797. The van der Waals surface area contributed by atoms with Gasteiger partial charge in [-0.25, -0.2) is 18.4 Å². The number of ether oxygens (including phenoxy) is 2. The van der Waals surface area contributed by atoms with E-state index in [0.29, 0.717) is 19.3 Å². The molecule has 0 aliphatic heterocycles. The molecule has 2 N–H and O–H groups in total. The molecule has 0 atom stereocenters. The summed E-state index contributed by atoms with van der Waals surface area (Å²) in [6.07, 6.45) is 0. The predicted octanol–water partition coefficient (Wildman–Crippen LogP) is 1.91. The molecule has 0 unspecified atom stereocenters. The lowest BCUT2D eigenvalue weighted by molar-refractivity contribution is 0.0595. The molecule has 0 aliphatic rings. The summed E-state index contributed by atoms with van der Waals surface area (Å²) in [5, 5.41) is 4.60. The summed E-state index contributed by atoms with van der Waals surface area (Å²) in [4.78, 5) is 22.8. The lowest BCUT2D eigenvalue weighted by atomic mass is 10.2. The summed E-state index contributed by atoms with van der Waals surface area (Å²) < 4.78 is 36.3. The van der Waals surface area contributed by atoms with E-state index >= 15 is 0 Å². The molecule has 0 aromatic heterocycles. The average molecular weight is 302 g/mol. The molecule has 116 valence electrons. The van der Waals surface area contributed by atoms with Crippen molar-refractivity contribution in [2.75, 3.05) is 32.2 Å². The average Bonchev–Trinajstić information content (AvgIpc) is 2.45. The second-order valence-electron chi connectivity index (χ2n) is 3.88. The van der Waals surface area contributed by atoms with Gasteiger partial charge in [0.05, 0.1) is 25.0 Å². The molecule has 0 heterocycles. The maximum Gasteiger partial charge on any atom is 0.340 e. The van der Waals surface area contributed by atoms with Crippen LogP contribution < -0.4 is 10.6 Å². The maximum atomic E-state index is 13.5. The highest BCUT2D eigenvalue weighted by atomic mass is 19.1. The van der Waals surface area contributed by atoms with Gasteiger partial charge in [0.1, 0.15) is 11.6 Å². The smallest absolute Gasteiger partial charge is 0.340 e. The number of anilines is 1. The van der Waals surface area contributed by atoms with Crippen LogP contribution in [-0.4, -0.2) is 38.9 Å². The molecule has 6 nitrogen and oxygen atoms in total. The van der Waals surface area contributed by atoms with Gasteiger partial charge in [0.25, 0.3) is 0 Å². The Balaban J connectivity index is 2.74. The topological polar surface area (TPSA) is 76.7 Å². The molecule has 2 amide bonds. The van der Waals surface area contributed by atoms with Crippen LogP contribution in [0.3, 0.4) is 0 Å². The third-order valence-electron chi connectivity index (χ3n) is 2.45. The number of benzene rings is 1. The molecule has 0 fully saturated rings. The number of esters is 1. The highest BCUT2D eigenvalue weighted by Gasteiger charge is 2.17. The number of halogens is 2. The van der Waals surface area contributed by atoms with E-state index in [2.05, 4.69) is 15.4 Å². The monoisotopic (exact) mass is 302 g/mol. The Kier molecular flexibility index (Phi) is 6.54. The van der Waals surface area contributed by atoms with Gasteiger partial charge in [-0.15, -0.1) is 0 Å². The summed E-state index contributed by atoms with van der Waals surface area (Å²) in [6, 6.07) is 0.678. The van der Waals surface area contributed by atoms with E-state index in [1.807, 2.05) is 6.92 Å². The lowest BCUT2D eigenvalue weighted by Crippen LogP contribution is -2.32. The number of amides is 2. The van der Waals surface area contributed by atoms with E-state index in [1.54, 1.807) is 0 Å². The second-order valence-corrected chi connectivity index (χ2v) is 3.88. The molecule has 0 aliphatic carbocycles. The van der Waals surface area contributed by atoms with Crippen molar-refractivity contribution in [2.45, 2.75) is 6.92 Å². The number of carbonyl (C=O) groups is 2. The van der Waals surface area contributed by atoms with Gasteiger partial charge in [0.15, 0.2) is 0 Å². The number of rotatable bonds is 6. The zero-order valence-electron chi connectivity index (χ0n) is 11.7. The van der Waals surface area contributed by atoms with Crippen LogP contribution >= 0.6 is 0 Å². The Bertz CT molecular complexity index is 523. The number of urea groups is 1. The Morgan fingerprint density at radius 1 is 1.24 bits per heavy atom. The zero-order chi connectivity index (χ0) is 15.8. The molecule has 0 saturated carbocycles. The molecule has 0 saturated heterocycles. The molecule has 0 bridgehead atoms. The highest BCUT2D eigenvalue weighted by Crippen LogP contribution is 2.20. The van der Waals surface area contributed by atoms with Crippen LogP contribution in [0.4, 0.5) is 19.3 Å². The fourth-order valence-electron chi connectivity index (χ4n) is 1.46. The minimum absolute atomic E-state index is 0.229. The van der Waals surface area contributed by atoms with Gasteiger partial charge < -0.3 is 20.1 Å². The first-order valence-corrected chi connectivity index (χ1v) is 6.19. The molecule has 1 rings (SSSR count). The van der Waals surface area contributed by atoms with E-state index in [-0.39, 0.29) is 12.2 Å². The molecule has 0 spiro atoms. The van der Waals surface area contributed by atoms with Crippen molar-refractivity contribution in [3.8, 4) is 0 Å². The predicted molar refractivity (Wildman–Crippen MR) is 71.2 cm³/mol. The SMILES string of the molecule is CCOCCNC(=O)Nc1cc(C(=O)OC)c(F)cc1F. The van der Waals surface area contributed by atoms with Gasteiger partial charge >= 0.3 is 12.0 Å². The number of methoxy groups -OCH3 is 1. The molecule has 0 radical (unpaired) electrons. The quantitative estimate of drug-likeness (QED) is 0.621. The van der Waals surface area contributed by atoms with Gasteiger partial charge in [-0.05, 0) is 13.0 Å². The molecule has 8 heteroatoms. The minimum atomic E-state index is -1.07. The van der Waals surface area contributed by atoms with Gasteiger partial charge in [0, 0.05) is 19.2 Å². The first kappa shape index (κ1) is 16.8. The molecular weight excluding hydrogens is 286 g/mol. The highest BCUT2D eigenvalue weighted by molar-refractivity contribution is 5.94. The maximum absolute atomic E-state index is 13.5. The Labute approximate surface area is 120 Å². The van der Waals surface area contributed by atoms with Crippen LogP contribution in [0.25, 0.3) is 0 Å².